The molecule has 0 spiro atoms. The number of piperazine rings is 1. The number of nitrogens with zero attached hydrogens (tertiary/aromatic N) is 9. The lowest BCUT2D eigenvalue weighted by molar-refractivity contribution is -0.130. The highest BCUT2D eigenvalue weighted by Gasteiger charge is 2.42. The third-order valence-corrected chi connectivity index (χ3v) is 20.6. The number of anilines is 1. The second-order valence-electron chi connectivity index (χ2n) is 26.0. The minimum absolute atomic E-state index is 0.0655. The first-order valence-corrected chi connectivity index (χ1v) is 32.4. The van der Waals surface area contributed by atoms with Crippen LogP contribution in [0, 0.1) is 29.1 Å². The zero-order chi connectivity index (χ0) is 59.8. The number of amides is 3. The Kier molecular flexibility index (Phi) is 21.8. The summed E-state index contributed by atoms with van der Waals surface area (Å²) in [5.74, 6) is 2.09. The van der Waals surface area contributed by atoms with Crippen molar-refractivity contribution in [3.63, 3.8) is 0 Å². The third-order valence-electron chi connectivity index (χ3n) is 19.7. The predicted octanol–water partition coefficient (Wildman–Crippen LogP) is 8.60. The number of aldehydes is 1. The van der Waals surface area contributed by atoms with Crippen LogP contribution in [0.25, 0.3) is 33.4 Å². The molecule has 2 bridgehead atoms. The topological polar surface area (TPSA) is 170 Å². The number of urea groups is 1. The molecule has 4 aromatic rings. The molecule has 0 radical (unpaired) electrons. The Morgan fingerprint density at radius 3 is 2.32 bits per heavy atom. The summed E-state index contributed by atoms with van der Waals surface area (Å²) in [4.78, 5) is 70.6. The SMILES string of the molecule is C=O.CCN(CC1CCN(C(C(=O)NC(C=O)Cc2nc(-c3ccc4c(c3)c(CC(C)(C)COC)c(-c3cc(N5CCN(C6COC6)CC5)cnc3C(C)OC)n4CC)cs2)C2CCCC2)C1)C(=O)N(C)C(C)C1CC1.CN1NCC2CC1C2. The molecule has 8 aliphatic rings. The molecule has 5 unspecified atom stereocenters. The minimum atomic E-state index is -0.700. The molecule has 3 saturated carbocycles. The zero-order valence-electron chi connectivity index (χ0n) is 52.3. The summed E-state index contributed by atoms with van der Waals surface area (Å²) in [6.45, 7) is 26.1. The van der Waals surface area contributed by atoms with Gasteiger partial charge in [-0.05, 0) is 138 Å². The molecule has 462 valence electrons. The Bertz CT molecular complexity index is 2810. The Hall–Kier alpha value is -4.86. The minimum Gasteiger partial charge on any atom is -0.384 e. The Morgan fingerprint density at radius 2 is 1.73 bits per heavy atom. The summed E-state index contributed by atoms with van der Waals surface area (Å²) in [7, 11) is 7.62. The fourth-order valence-corrected chi connectivity index (χ4v) is 15.1. The number of ether oxygens (including phenoxy) is 3. The van der Waals surface area contributed by atoms with E-state index in [2.05, 4.69) is 113 Å². The summed E-state index contributed by atoms with van der Waals surface area (Å²) in [6, 6.07) is 9.79. The van der Waals surface area contributed by atoms with E-state index in [0.29, 0.717) is 44.0 Å². The van der Waals surface area contributed by atoms with Crippen molar-refractivity contribution < 1.29 is 33.4 Å². The summed E-state index contributed by atoms with van der Waals surface area (Å²) in [6.07, 6.45) is 14.2. The van der Waals surface area contributed by atoms with Crippen LogP contribution in [-0.2, 0) is 48.0 Å². The third kappa shape index (κ3) is 14.6. The molecule has 3 amide bonds. The van der Waals surface area contributed by atoms with Crippen molar-refractivity contribution in [3.05, 3.63) is 52.1 Å². The predicted molar refractivity (Wildman–Crippen MR) is 334 cm³/mol. The van der Waals surface area contributed by atoms with E-state index in [4.69, 9.17) is 29.0 Å². The second kappa shape index (κ2) is 28.8. The van der Waals surface area contributed by atoms with Gasteiger partial charge in [-0.3, -0.25) is 25.0 Å². The molecule has 5 aliphatic heterocycles. The first kappa shape index (κ1) is 63.6. The van der Waals surface area contributed by atoms with Gasteiger partial charge < -0.3 is 48.4 Å². The Labute approximate surface area is 504 Å². The van der Waals surface area contributed by atoms with Crippen LogP contribution in [0.4, 0.5) is 10.5 Å². The molecule has 2 N–H and O–H groups in total. The van der Waals surface area contributed by atoms with Crippen molar-refractivity contribution >= 4 is 52.9 Å². The molecule has 8 fully saturated rings. The van der Waals surface area contributed by atoms with Crippen LogP contribution in [0.3, 0.4) is 0 Å². The lowest BCUT2D eigenvalue weighted by Crippen LogP contribution is -2.58. The van der Waals surface area contributed by atoms with E-state index >= 15 is 0 Å². The lowest BCUT2D eigenvalue weighted by Gasteiger charge is -2.47. The van der Waals surface area contributed by atoms with Crippen LogP contribution in [0.15, 0.2) is 35.8 Å². The quantitative estimate of drug-likeness (QED) is 0.0677. The van der Waals surface area contributed by atoms with Crippen LogP contribution >= 0.6 is 11.3 Å². The maximum absolute atomic E-state index is 14.5. The summed E-state index contributed by atoms with van der Waals surface area (Å²) < 4.78 is 19.8. The Balaban J connectivity index is 0.000000766. The highest BCUT2D eigenvalue weighted by molar-refractivity contribution is 7.10. The molecular formula is C65H99N11O7S. The lowest BCUT2D eigenvalue weighted by atomic mass is 9.78. The summed E-state index contributed by atoms with van der Waals surface area (Å²) in [5, 5.41) is 9.50. The van der Waals surface area contributed by atoms with Crippen molar-refractivity contribution in [1.82, 2.24) is 49.9 Å². The van der Waals surface area contributed by atoms with Crippen molar-refractivity contribution in [2.45, 2.75) is 155 Å². The first-order chi connectivity index (χ1) is 40.6. The number of thiazole rings is 1. The highest BCUT2D eigenvalue weighted by Crippen LogP contribution is 2.44. The molecular weight excluding hydrogens is 1080 g/mol. The van der Waals surface area contributed by atoms with Gasteiger partial charge in [-0.1, -0.05) is 32.8 Å². The number of nitrogens with one attached hydrogen (secondary N) is 2. The summed E-state index contributed by atoms with van der Waals surface area (Å²) >= 11 is 1.53. The van der Waals surface area contributed by atoms with Crippen LogP contribution < -0.4 is 15.6 Å². The zero-order valence-corrected chi connectivity index (χ0v) is 53.1. The normalized spacial score (nSPS) is 22.9. The van der Waals surface area contributed by atoms with Crippen molar-refractivity contribution in [3.8, 4) is 22.5 Å². The molecule has 1 aromatic carbocycles. The van der Waals surface area contributed by atoms with Gasteiger partial charge in [-0.15, -0.1) is 11.3 Å². The number of aromatic nitrogens is 3. The maximum atomic E-state index is 14.5. The van der Waals surface area contributed by atoms with Crippen molar-refractivity contribution in [1.29, 1.82) is 0 Å². The fourth-order valence-electron chi connectivity index (χ4n) is 14.2. The highest BCUT2D eigenvalue weighted by atomic mass is 32.1. The van der Waals surface area contributed by atoms with Gasteiger partial charge >= 0.3 is 6.03 Å². The van der Waals surface area contributed by atoms with Gasteiger partial charge in [0, 0.05) is 133 Å². The molecule has 12 rings (SSSR count). The molecule has 8 heterocycles. The van der Waals surface area contributed by atoms with E-state index in [-0.39, 0.29) is 41.5 Å². The first-order valence-electron chi connectivity index (χ1n) is 31.6. The van der Waals surface area contributed by atoms with Gasteiger partial charge in [0.15, 0.2) is 0 Å². The van der Waals surface area contributed by atoms with E-state index in [1.54, 1.807) is 14.2 Å². The number of likely N-dealkylation sites (tertiary alicyclic amines) is 1. The van der Waals surface area contributed by atoms with Gasteiger partial charge in [0.05, 0.1) is 78.0 Å². The van der Waals surface area contributed by atoms with Crippen molar-refractivity contribution in [2.24, 2.45) is 29.1 Å². The molecule has 18 nitrogen and oxygen atoms in total. The molecule has 5 atom stereocenters. The number of hydrogen-bond acceptors (Lipinski definition) is 15. The van der Waals surface area contributed by atoms with Gasteiger partial charge in [0.1, 0.15) is 13.1 Å². The van der Waals surface area contributed by atoms with Crippen LogP contribution in [0.5, 0.6) is 0 Å². The van der Waals surface area contributed by atoms with Crippen LogP contribution in [0.1, 0.15) is 122 Å². The number of aryl methyl sites for hydroxylation is 1. The number of carbonyl (C=O) groups is 4. The van der Waals surface area contributed by atoms with Crippen molar-refractivity contribution in [2.75, 3.05) is 112 Å². The number of hydrogen-bond donors (Lipinski definition) is 2. The average molecular weight is 1180 g/mol. The average Bonchev–Trinajstić information content (AvgIpc) is 2.61. The number of pyridine rings is 1. The van der Waals surface area contributed by atoms with E-state index in [1.807, 2.05) is 29.8 Å². The van der Waals surface area contributed by atoms with Gasteiger partial charge in [-0.25, -0.2) is 14.8 Å². The van der Waals surface area contributed by atoms with Crippen LogP contribution in [0.2, 0.25) is 0 Å². The van der Waals surface area contributed by atoms with E-state index in [9.17, 15) is 14.4 Å². The molecule has 84 heavy (non-hydrogen) atoms. The van der Waals surface area contributed by atoms with E-state index in [1.165, 1.54) is 54.5 Å². The number of rotatable bonds is 23. The number of benzene rings is 1. The largest absolute Gasteiger partial charge is 0.384 e. The maximum Gasteiger partial charge on any atom is 0.319 e. The fraction of sp³-hybridized carbons (Fsp3) is 0.692. The molecule has 5 saturated heterocycles. The van der Waals surface area contributed by atoms with E-state index in [0.717, 1.165) is 160 Å². The molecule has 19 heteroatoms. The number of fused-ring (bicyclic) bond motifs is 3. The van der Waals surface area contributed by atoms with E-state index < -0.39 is 6.04 Å². The number of methoxy groups -OCH3 is 2. The standard InChI is InChI=1S/C58H85N9O6S.C6H12N2.CH2O/c1-10-63(57(70)62(7)38(3)41-16-17-41)31-40-20-21-66(32-40)54(42-14-12-13-15-42)56(69)60-44(33-68)27-52-61-50(36-74-52)43-18-19-51-47(26-43)49(29-58(5,6)37-71-8)55(67(51)11-2)48-28-45(30-59-53(48)39(4)72-9)64-22-24-65(25-23-64)46-34-73-35-46;1-8-6-2-5(3-6)4-7-8;1-2/h18-19,26,28,30,33,36,38-42,44,46,54H,10-17,20-25,27,29,31-32,34-35,37H2,1-9H3,(H,60,69);5-7H,2-4H2,1H3;1H2. The Morgan fingerprint density at radius 1 is 0.988 bits per heavy atom. The van der Waals surface area contributed by atoms with Gasteiger partial charge in [0.2, 0.25) is 5.91 Å². The number of hydrazine groups is 1. The molecule has 3 aromatic heterocycles. The van der Waals surface area contributed by atoms with Gasteiger partial charge in [-0.2, -0.15) is 0 Å². The monoisotopic (exact) mass is 1180 g/mol. The summed E-state index contributed by atoms with van der Waals surface area (Å²) in [5.41, 5.74) is 11.7. The van der Waals surface area contributed by atoms with Crippen LogP contribution in [-0.4, -0.2) is 201 Å². The smallest absolute Gasteiger partial charge is 0.319 e. The number of carbonyl (C=O) groups excluding carboxylic acids is 4. The second-order valence-corrected chi connectivity index (χ2v) is 26.9. The molecule has 3 aliphatic carbocycles. The van der Waals surface area contributed by atoms with Gasteiger partial charge in [0.25, 0.3) is 0 Å².